The van der Waals surface area contributed by atoms with Gasteiger partial charge in [-0.1, -0.05) is 13.8 Å². The third-order valence-electron chi connectivity index (χ3n) is 3.39. The molecule has 1 aliphatic rings. The number of hydrogen-bond donors (Lipinski definition) is 2. The highest BCUT2D eigenvalue weighted by atomic mass is 32.1. The molecule has 1 aromatic heterocycles. The Morgan fingerprint density at radius 3 is 2.53 bits per heavy atom. The van der Waals surface area contributed by atoms with Gasteiger partial charge < -0.3 is 15.8 Å². The minimum Gasteiger partial charge on any atom is -0.490 e. The van der Waals surface area contributed by atoms with Crippen molar-refractivity contribution in [1.82, 2.24) is 4.37 Å². The molecule has 0 saturated heterocycles. The molecule has 0 spiro atoms. The molecule has 1 heterocycles. The normalized spacial score (nSPS) is 29.0. The first kappa shape index (κ1) is 12.5. The van der Waals surface area contributed by atoms with Crippen molar-refractivity contribution >= 4 is 22.4 Å². The van der Waals surface area contributed by atoms with Crippen molar-refractivity contribution in [3.05, 3.63) is 0 Å². The van der Waals surface area contributed by atoms with Crippen molar-refractivity contribution in [3.8, 4) is 5.75 Å². The van der Waals surface area contributed by atoms with Crippen LogP contribution in [0.4, 0.5) is 10.8 Å². The van der Waals surface area contributed by atoms with Crippen LogP contribution in [0.5, 0.6) is 5.75 Å². The quantitative estimate of drug-likeness (QED) is 0.871. The van der Waals surface area contributed by atoms with Gasteiger partial charge in [0.2, 0.25) is 0 Å². The van der Waals surface area contributed by atoms with Gasteiger partial charge in [0.25, 0.3) is 0 Å². The van der Waals surface area contributed by atoms with E-state index in [-0.39, 0.29) is 0 Å². The van der Waals surface area contributed by atoms with Gasteiger partial charge in [-0.25, -0.2) is 0 Å². The molecule has 1 aromatic rings. The van der Waals surface area contributed by atoms with E-state index in [0.717, 1.165) is 16.8 Å². The largest absolute Gasteiger partial charge is 0.490 e. The molecule has 2 unspecified atom stereocenters. The van der Waals surface area contributed by atoms with Crippen molar-refractivity contribution in [3.63, 3.8) is 0 Å². The average Bonchev–Trinajstić information content (AvgIpc) is 2.57. The topological polar surface area (TPSA) is 60.2 Å². The van der Waals surface area contributed by atoms with Gasteiger partial charge in [0.15, 0.2) is 16.6 Å². The van der Waals surface area contributed by atoms with E-state index in [0.29, 0.717) is 17.6 Å². The number of aromatic nitrogens is 1. The Balaban J connectivity index is 2.04. The number of anilines is 2. The number of nitrogen functional groups attached to an aromatic ring is 1. The predicted octanol–water partition coefficient (Wildman–Crippen LogP) is 2.97. The van der Waals surface area contributed by atoms with Crippen LogP contribution in [-0.4, -0.2) is 17.5 Å². The first-order valence-corrected chi connectivity index (χ1v) is 6.93. The number of rotatable bonds is 3. The van der Waals surface area contributed by atoms with E-state index in [1.165, 1.54) is 30.8 Å². The molecule has 0 aromatic carbocycles. The maximum Gasteiger partial charge on any atom is 0.197 e. The van der Waals surface area contributed by atoms with Gasteiger partial charge >= 0.3 is 0 Å². The van der Waals surface area contributed by atoms with Crippen LogP contribution < -0.4 is 15.8 Å². The van der Waals surface area contributed by atoms with Crippen molar-refractivity contribution < 1.29 is 4.74 Å². The van der Waals surface area contributed by atoms with Crippen molar-refractivity contribution in [1.29, 1.82) is 0 Å². The van der Waals surface area contributed by atoms with Crippen molar-refractivity contribution in [2.75, 3.05) is 18.2 Å². The Morgan fingerprint density at radius 1 is 1.29 bits per heavy atom. The predicted molar refractivity (Wildman–Crippen MR) is 72.7 cm³/mol. The van der Waals surface area contributed by atoms with E-state index in [4.69, 9.17) is 10.5 Å². The second kappa shape index (κ2) is 5.12. The Hall–Kier alpha value is -0.970. The van der Waals surface area contributed by atoms with Crippen LogP contribution in [0, 0.1) is 11.8 Å². The molecule has 5 heteroatoms. The molecular weight excluding hydrogens is 234 g/mol. The summed E-state index contributed by atoms with van der Waals surface area (Å²) in [5, 5.41) is 4.50. The fourth-order valence-electron chi connectivity index (χ4n) is 2.83. The van der Waals surface area contributed by atoms with Crippen LogP contribution in [0.2, 0.25) is 0 Å². The summed E-state index contributed by atoms with van der Waals surface area (Å²) in [6.07, 6.45) is 3.76. The molecule has 0 bridgehead atoms. The van der Waals surface area contributed by atoms with Crippen LogP contribution in [0.25, 0.3) is 0 Å². The van der Waals surface area contributed by atoms with Crippen LogP contribution in [-0.2, 0) is 0 Å². The van der Waals surface area contributed by atoms with E-state index in [1.54, 1.807) is 7.11 Å². The SMILES string of the molecule is COc1c(N)nsc1NC1CC(C)CC(C)C1. The molecule has 0 amide bonds. The molecule has 1 saturated carbocycles. The standard InChI is InChI=1S/C12H21N3OS/c1-7-4-8(2)6-9(5-7)14-12-10(16-3)11(13)15-17-12/h7-9,14H,4-6H2,1-3H3,(H2,13,15). The first-order valence-electron chi connectivity index (χ1n) is 6.15. The highest BCUT2D eigenvalue weighted by molar-refractivity contribution is 7.11. The highest BCUT2D eigenvalue weighted by Gasteiger charge is 2.25. The minimum absolute atomic E-state index is 0.483. The Kier molecular flexibility index (Phi) is 3.76. The second-order valence-electron chi connectivity index (χ2n) is 5.19. The van der Waals surface area contributed by atoms with E-state index < -0.39 is 0 Å². The van der Waals surface area contributed by atoms with E-state index in [9.17, 15) is 0 Å². The molecular formula is C12H21N3OS. The van der Waals surface area contributed by atoms with Crippen LogP contribution in [0.1, 0.15) is 33.1 Å². The van der Waals surface area contributed by atoms with Gasteiger partial charge in [-0.3, -0.25) is 0 Å². The van der Waals surface area contributed by atoms with Gasteiger partial charge in [-0.05, 0) is 42.6 Å². The number of ether oxygens (including phenoxy) is 1. The molecule has 17 heavy (non-hydrogen) atoms. The fraction of sp³-hybridized carbons (Fsp3) is 0.750. The van der Waals surface area contributed by atoms with E-state index >= 15 is 0 Å². The summed E-state index contributed by atoms with van der Waals surface area (Å²) in [6.45, 7) is 4.64. The van der Waals surface area contributed by atoms with Gasteiger partial charge in [-0.2, -0.15) is 4.37 Å². The zero-order chi connectivity index (χ0) is 12.4. The summed E-state index contributed by atoms with van der Waals surface area (Å²) in [5.74, 6) is 2.75. The molecule has 3 N–H and O–H groups in total. The Labute approximate surface area is 107 Å². The zero-order valence-corrected chi connectivity index (χ0v) is 11.5. The number of nitrogens with two attached hydrogens (primary N) is 1. The average molecular weight is 255 g/mol. The third-order valence-corrected chi connectivity index (χ3v) is 4.17. The summed E-state index contributed by atoms with van der Waals surface area (Å²) in [6, 6.07) is 0.516. The summed E-state index contributed by atoms with van der Waals surface area (Å²) in [4.78, 5) is 0. The third kappa shape index (κ3) is 2.83. The summed E-state index contributed by atoms with van der Waals surface area (Å²) < 4.78 is 9.39. The van der Waals surface area contributed by atoms with E-state index in [2.05, 4.69) is 23.5 Å². The van der Waals surface area contributed by atoms with Gasteiger partial charge in [0.05, 0.1) is 7.11 Å². The number of methoxy groups -OCH3 is 1. The zero-order valence-electron chi connectivity index (χ0n) is 10.7. The van der Waals surface area contributed by atoms with Crippen molar-refractivity contribution in [2.45, 2.75) is 39.2 Å². The fourth-order valence-corrected chi connectivity index (χ4v) is 3.60. The van der Waals surface area contributed by atoms with Gasteiger partial charge in [-0.15, -0.1) is 0 Å². The number of nitrogens with zero attached hydrogens (tertiary/aromatic N) is 1. The maximum atomic E-state index is 5.75. The van der Waals surface area contributed by atoms with Crippen LogP contribution in [0.3, 0.4) is 0 Å². The smallest absolute Gasteiger partial charge is 0.197 e. The lowest BCUT2D eigenvalue weighted by molar-refractivity contribution is 0.280. The molecule has 4 nitrogen and oxygen atoms in total. The van der Waals surface area contributed by atoms with Crippen LogP contribution in [0.15, 0.2) is 0 Å². The lowest BCUT2D eigenvalue weighted by Crippen LogP contribution is -2.30. The maximum absolute atomic E-state index is 5.75. The van der Waals surface area contributed by atoms with Crippen LogP contribution >= 0.6 is 11.5 Å². The van der Waals surface area contributed by atoms with Crippen molar-refractivity contribution in [2.24, 2.45) is 11.8 Å². The number of hydrogen-bond acceptors (Lipinski definition) is 5. The molecule has 2 atom stereocenters. The molecule has 1 aliphatic carbocycles. The molecule has 2 rings (SSSR count). The molecule has 96 valence electrons. The molecule has 0 radical (unpaired) electrons. The van der Waals surface area contributed by atoms with E-state index in [1.807, 2.05) is 0 Å². The summed E-state index contributed by atoms with van der Waals surface area (Å²) in [7, 11) is 1.64. The minimum atomic E-state index is 0.483. The monoisotopic (exact) mass is 255 g/mol. The summed E-state index contributed by atoms with van der Waals surface area (Å²) >= 11 is 1.39. The molecule has 0 aliphatic heterocycles. The Bertz CT molecular complexity index is 370. The highest BCUT2D eigenvalue weighted by Crippen LogP contribution is 2.38. The second-order valence-corrected chi connectivity index (χ2v) is 5.96. The Morgan fingerprint density at radius 2 is 1.94 bits per heavy atom. The lowest BCUT2D eigenvalue weighted by Gasteiger charge is -2.32. The summed E-state index contributed by atoms with van der Waals surface area (Å²) in [5.41, 5.74) is 5.75. The first-order chi connectivity index (χ1) is 8.10. The number of nitrogens with one attached hydrogen (secondary N) is 1. The lowest BCUT2D eigenvalue weighted by atomic mass is 9.80. The van der Waals surface area contributed by atoms with Gasteiger partial charge in [0, 0.05) is 6.04 Å². The van der Waals surface area contributed by atoms with Gasteiger partial charge in [0.1, 0.15) is 0 Å². The molecule has 1 fully saturated rings.